The van der Waals surface area contributed by atoms with E-state index in [1.165, 1.54) is 25.7 Å². The molecule has 0 aromatic heterocycles. The SMILES string of the molecule is CCC(=O)C1C(C(C)(C)C)C2C3CCCCC3NC2N1C(C)(C)C. The summed E-state index contributed by atoms with van der Waals surface area (Å²) in [4.78, 5) is 15.6. The van der Waals surface area contributed by atoms with Gasteiger partial charge in [-0.25, -0.2) is 0 Å². The predicted octanol–water partition coefficient (Wildman–Crippen LogP) is 4.21. The Morgan fingerprint density at radius 2 is 1.71 bits per heavy atom. The van der Waals surface area contributed by atoms with Crippen molar-refractivity contribution in [2.24, 2.45) is 23.2 Å². The summed E-state index contributed by atoms with van der Waals surface area (Å²) in [5, 5.41) is 4.00. The van der Waals surface area contributed by atoms with Crippen LogP contribution in [0.3, 0.4) is 0 Å². The smallest absolute Gasteiger partial charge is 0.150 e. The third-order valence-electron chi connectivity index (χ3n) is 6.87. The molecule has 2 aliphatic heterocycles. The quantitative estimate of drug-likeness (QED) is 0.821. The van der Waals surface area contributed by atoms with Gasteiger partial charge >= 0.3 is 0 Å². The van der Waals surface area contributed by atoms with Crippen LogP contribution in [-0.2, 0) is 4.79 Å². The molecule has 2 heterocycles. The molecule has 0 aromatic rings. The Balaban J connectivity index is 2.07. The fourth-order valence-corrected chi connectivity index (χ4v) is 6.13. The van der Waals surface area contributed by atoms with E-state index in [0.29, 0.717) is 36.2 Å². The van der Waals surface area contributed by atoms with E-state index in [1.807, 2.05) is 6.92 Å². The monoisotopic (exact) mass is 334 g/mol. The van der Waals surface area contributed by atoms with Crippen molar-refractivity contribution in [1.29, 1.82) is 0 Å². The van der Waals surface area contributed by atoms with Gasteiger partial charge in [0.05, 0.1) is 12.2 Å². The number of nitrogens with zero attached hydrogens (tertiary/aromatic N) is 1. The average molecular weight is 335 g/mol. The second-order valence-electron chi connectivity index (χ2n) is 10.5. The molecule has 1 saturated carbocycles. The van der Waals surface area contributed by atoms with Gasteiger partial charge in [-0.15, -0.1) is 0 Å². The second-order valence-corrected chi connectivity index (χ2v) is 10.5. The Labute approximate surface area is 148 Å². The first-order valence-electron chi connectivity index (χ1n) is 10.1. The average Bonchev–Trinajstić information content (AvgIpc) is 2.98. The minimum Gasteiger partial charge on any atom is -0.298 e. The fraction of sp³-hybridized carbons (Fsp3) is 0.952. The van der Waals surface area contributed by atoms with E-state index in [0.717, 1.165) is 5.92 Å². The molecule has 138 valence electrons. The molecule has 3 aliphatic rings. The van der Waals surface area contributed by atoms with Crippen LogP contribution in [0.25, 0.3) is 0 Å². The first-order valence-corrected chi connectivity index (χ1v) is 10.1. The van der Waals surface area contributed by atoms with Gasteiger partial charge < -0.3 is 0 Å². The standard InChI is InChI=1S/C21H38N2O/c1-8-15(24)18-17(20(2,3)4)16-13-11-9-10-12-14(13)22-19(16)23(18)21(5,6)7/h13-14,16-19,22H,8-12H2,1-7H3. The Morgan fingerprint density at radius 3 is 2.25 bits per heavy atom. The zero-order chi connectivity index (χ0) is 17.9. The first-order chi connectivity index (χ1) is 11.1. The van der Waals surface area contributed by atoms with Gasteiger partial charge in [-0.05, 0) is 56.8 Å². The van der Waals surface area contributed by atoms with Crippen molar-refractivity contribution in [2.45, 2.75) is 104 Å². The summed E-state index contributed by atoms with van der Waals surface area (Å²) in [7, 11) is 0. The molecule has 24 heavy (non-hydrogen) atoms. The molecule has 0 aromatic carbocycles. The molecule has 2 saturated heterocycles. The lowest BCUT2D eigenvalue weighted by Crippen LogP contribution is -2.57. The fourth-order valence-electron chi connectivity index (χ4n) is 6.13. The van der Waals surface area contributed by atoms with Crippen molar-refractivity contribution in [3.05, 3.63) is 0 Å². The maximum atomic E-state index is 13.0. The van der Waals surface area contributed by atoms with Crippen molar-refractivity contribution in [3.63, 3.8) is 0 Å². The van der Waals surface area contributed by atoms with E-state index >= 15 is 0 Å². The molecule has 0 amide bonds. The lowest BCUT2D eigenvalue weighted by atomic mass is 9.64. The topological polar surface area (TPSA) is 32.3 Å². The maximum absolute atomic E-state index is 13.0. The van der Waals surface area contributed by atoms with Gasteiger partial charge in [0.15, 0.2) is 0 Å². The molecular weight excluding hydrogens is 296 g/mol. The van der Waals surface area contributed by atoms with Gasteiger partial charge in [-0.1, -0.05) is 40.5 Å². The van der Waals surface area contributed by atoms with Gasteiger partial charge in [0.1, 0.15) is 5.78 Å². The van der Waals surface area contributed by atoms with E-state index < -0.39 is 0 Å². The summed E-state index contributed by atoms with van der Waals surface area (Å²) in [6, 6.07) is 0.738. The number of hydrogen-bond acceptors (Lipinski definition) is 3. The third kappa shape index (κ3) is 2.86. The van der Waals surface area contributed by atoms with Crippen LogP contribution in [0.5, 0.6) is 0 Å². The van der Waals surface area contributed by atoms with Gasteiger partial charge in [0, 0.05) is 18.0 Å². The molecule has 6 atom stereocenters. The summed E-state index contributed by atoms with van der Waals surface area (Å²) in [6.07, 6.45) is 6.42. The van der Waals surface area contributed by atoms with Crippen molar-refractivity contribution >= 4 is 5.78 Å². The van der Waals surface area contributed by atoms with Gasteiger partial charge in [-0.3, -0.25) is 15.0 Å². The molecule has 1 N–H and O–H groups in total. The van der Waals surface area contributed by atoms with E-state index in [2.05, 4.69) is 51.8 Å². The summed E-state index contributed by atoms with van der Waals surface area (Å²) >= 11 is 0. The highest BCUT2D eigenvalue weighted by molar-refractivity contribution is 5.85. The number of nitrogens with one attached hydrogen (secondary N) is 1. The van der Waals surface area contributed by atoms with Crippen molar-refractivity contribution in [1.82, 2.24) is 10.2 Å². The molecule has 6 unspecified atom stereocenters. The van der Waals surface area contributed by atoms with Crippen molar-refractivity contribution in [3.8, 4) is 0 Å². The lowest BCUT2D eigenvalue weighted by Gasteiger charge is -2.44. The first kappa shape index (κ1) is 18.4. The lowest BCUT2D eigenvalue weighted by molar-refractivity contribution is -0.128. The van der Waals surface area contributed by atoms with E-state index in [-0.39, 0.29) is 17.0 Å². The number of carbonyl (C=O) groups excluding carboxylic acids is 1. The highest BCUT2D eigenvalue weighted by Gasteiger charge is 2.63. The summed E-state index contributed by atoms with van der Waals surface area (Å²) in [6.45, 7) is 16.0. The number of rotatable bonds is 2. The zero-order valence-electron chi connectivity index (χ0n) is 16.9. The Morgan fingerprint density at radius 1 is 1.08 bits per heavy atom. The third-order valence-corrected chi connectivity index (χ3v) is 6.87. The molecule has 3 nitrogen and oxygen atoms in total. The normalized spacial score (nSPS) is 40.5. The minimum absolute atomic E-state index is 0.0128. The molecule has 0 spiro atoms. The molecule has 3 fully saturated rings. The van der Waals surface area contributed by atoms with Crippen molar-refractivity contribution in [2.75, 3.05) is 0 Å². The summed E-state index contributed by atoms with van der Waals surface area (Å²) in [5.74, 6) is 2.27. The van der Waals surface area contributed by atoms with Crippen LogP contribution in [0, 0.1) is 23.2 Å². The van der Waals surface area contributed by atoms with Crippen LogP contribution in [0.4, 0.5) is 0 Å². The van der Waals surface area contributed by atoms with Crippen LogP contribution >= 0.6 is 0 Å². The van der Waals surface area contributed by atoms with Gasteiger partial charge in [-0.2, -0.15) is 0 Å². The Hall–Kier alpha value is -0.410. The number of carbonyl (C=O) groups is 1. The molecule has 1 aliphatic carbocycles. The van der Waals surface area contributed by atoms with Crippen LogP contribution < -0.4 is 5.32 Å². The summed E-state index contributed by atoms with van der Waals surface area (Å²) < 4.78 is 0. The summed E-state index contributed by atoms with van der Waals surface area (Å²) in [5.41, 5.74) is 0.172. The van der Waals surface area contributed by atoms with Crippen LogP contribution in [0.2, 0.25) is 0 Å². The Kier molecular flexibility index (Phi) is 4.66. The maximum Gasteiger partial charge on any atom is 0.150 e. The minimum atomic E-state index is 0.0128. The number of fused-ring (bicyclic) bond motifs is 3. The molecule has 3 rings (SSSR count). The van der Waals surface area contributed by atoms with Crippen LogP contribution in [0.1, 0.15) is 80.6 Å². The molecule has 3 heteroatoms. The van der Waals surface area contributed by atoms with Crippen LogP contribution in [0.15, 0.2) is 0 Å². The number of hydrogen-bond donors (Lipinski definition) is 1. The van der Waals surface area contributed by atoms with E-state index in [9.17, 15) is 4.79 Å². The number of ketones is 1. The van der Waals surface area contributed by atoms with Gasteiger partial charge in [0.2, 0.25) is 0 Å². The predicted molar refractivity (Wildman–Crippen MR) is 99.8 cm³/mol. The number of likely N-dealkylation sites (tertiary alicyclic amines) is 1. The second kappa shape index (κ2) is 6.09. The van der Waals surface area contributed by atoms with Crippen molar-refractivity contribution < 1.29 is 4.79 Å². The van der Waals surface area contributed by atoms with E-state index in [4.69, 9.17) is 0 Å². The van der Waals surface area contributed by atoms with Crippen LogP contribution in [-0.4, -0.2) is 34.5 Å². The number of Topliss-reactive ketones (excluding diaryl/α,β-unsaturated/α-hetero) is 1. The zero-order valence-corrected chi connectivity index (χ0v) is 16.9. The largest absolute Gasteiger partial charge is 0.298 e. The highest BCUT2D eigenvalue weighted by atomic mass is 16.1. The molecule has 0 radical (unpaired) electrons. The molecular formula is C21H38N2O. The van der Waals surface area contributed by atoms with E-state index in [1.54, 1.807) is 0 Å². The van der Waals surface area contributed by atoms with Gasteiger partial charge in [0.25, 0.3) is 0 Å². The molecule has 0 bridgehead atoms. The Bertz CT molecular complexity index is 487. The highest BCUT2D eigenvalue weighted by Crippen LogP contribution is 2.55.